The zero-order chi connectivity index (χ0) is 17.3. The number of amides is 1. The molecule has 0 saturated heterocycles. The maximum atomic E-state index is 12.8. The Balaban J connectivity index is 1.47. The number of nitrogens with zero attached hydrogens (tertiary/aromatic N) is 3. The van der Waals surface area contributed by atoms with Crippen molar-refractivity contribution in [2.75, 3.05) is 0 Å². The lowest BCUT2D eigenvalue weighted by Crippen LogP contribution is -2.36. The number of aromatic nitrogens is 4. The number of nitrogens with one attached hydrogen (secondary N) is 2. The largest absolute Gasteiger partial charge is 0.349 e. The van der Waals surface area contributed by atoms with Gasteiger partial charge in [0.15, 0.2) is 0 Å². The molecule has 126 valence electrons. The molecule has 25 heavy (non-hydrogen) atoms. The third-order valence-corrected chi connectivity index (χ3v) is 4.87. The number of hydrogen-bond acceptors (Lipinski definition) is 4. The maximum Gasteiger partial charge on any atom is 0.231 e. The van der Waals surface area contributed by atoms with E-state index in [1.54, 1.807) is 0 Å². The Kier molecular flexibility index (Phi) is 3.80. The predicted octanol–water partition coefficient (Wildman–Crippen LogP) is 2.78. The Morgan fingerprint density at radius 2 is 1.84 bits per heavy atom. The SMILES string of the molecule is CC(NC(=O)C1(c2ccccc2)CC1)c1ccc(-c2nn[nH]n2)cc1. The lowest BCUT2D eigenvalue weighted by molar-refractivity contribution is -0.124. The van der Waals surface area contributed by atoms with Gasteiger partial charge in [0.25, 0.3) is 0 Å². The van der Waals surface area contributed by atoms with E-state index in [1.807, 2.05) is 61.5 Å². The van der Waals surface area contributed by atoms with Gasteiger partial charge in [0, 0.05) is 5.56 Å². The highest BCUT2D eigenvalue weighted by atomic mass is 16.2. The molecule has 0 radical (unpaired) electrons. The molecule has 2 aromatic carbocycles. The van der Waals surface area contributed by atoms with Crippen LogP contribution in [0.3, 0.4) is 0 Å². The van der Waals surface area contributed by atoms with Gasteiger partial charge in [-0.3, -0.25) is 4.79 Å². The molecule has 6 heteroatoms. The number of rotatable bonds is 5. The van der Waals surface area contributed by atoms with Crippen LogP contribution in [-0.4, -0.2) is 26.5 Å². The summed E-state index contributed by atoms with van der Waals surface area (Å²) in [6, 6.07) is 17.8. The lowest BCUT2D eigenvalue weighted by Gasteiger charge is -2.20. The fourth-order valence-corrected chi connectivity index (χ4v) is 3.15. The molecule has 0 aliphatic heterocycles. The number of hydrogen-bond donors (Lipinski definition) is 2. The van der Waals surface area contributed by atoms with Gasteiger partial charge < -0.3 is 5.32 Å². The zero-order valence-electron chi connectivity index (χ0n) is 13.9. The smallest absolute Gasteiger partial charge is 0.231 e. The van der Waals surface area contributed by atoms with Gasteiger partial charge in [0.1, 0.15) is 0 Å². The molecule has 6 nitrogen and oxygen atoms in total. The molecular formula is C19H19N5O. The summed E-state index contributed by atoms with van der Waals surface area (Å²) in [5.41, 5.74) is 2.69. The summed E-state index contributed by atoms with van der Waals surface area (Å²) in [6.07, 6.45) is 1.82. The number of benzene rings is 2. The summed E-state index contributed by atoms with van der Waals surface area (Å²) >= 11 is 0. The van der Waals surface area contributed by atoms with Crippen molar-refractivity contribution in [1.82, 2.24) is 25.9 Å². The van der Waals surface area contributed by atoms with Crippen LogP contribution >= 0.6 is 0 Å². The maximum absolute atomic E-state index is 12.8. The molecule has 2 N–H and O–H groups in total. The molecular weight excluding hydrogens is 314 g/mol. The highest BCUT2D eigenvalue weighted by Crippen LogP contribution is 2.48. The summed E-state index contributed by atoms with van der Waals surface area (Å²) in [6.45, 7) is 2.00. The summed E-state index contributed by atoms with van der Waals surface area (Å²) < 4.78 is 0. The Morgan fingerprint density at radius 3 is 2.44 bits per heavy atom. The zero-order valence-corrected chi connectivity index (χ0v) is 13.9. The van der Waals surface area contributed by atoms with E-state index in [9.17, 15) is 4.79 Å². The van der Waals surface area contributed by atoms with E-state index in [0.717, 1.165) is 29.5 Å². The number of carbonyl (C=O) groups excluding carboxylic acids is 1. The predicted molar refractivity (Wildman–Crippen MR) is 93.5 cm³/mol. The average Bonchev–Trinajstić information content (AvgIpc) is 3.30. The fourth-order valence-electron chi connectivity index (χ4n) is 3.15. The first kappa shape index (κ1) is 15.5. The first-order valence-corrected chi connectivity index (χ1v) is 8.39. The van der Waals surface area contributed by atoms with E-state index in [0.29, 0.717) is 5.82 Å². The molecule has 1 unspecified atom stereocenters. The van der Waals surface area contributed by atoms with Crippen LogP contribution < -0.4 is 5.32 Å². The minimum Gasteiger partial charge on any atom is -0.349 e. The Morgan fingerprint density at radius 1 is 1.12 bits per heavy atom. The molecule has 0 bridgehead atoms. The van der Waals surface area contributed by atoms with Gasteiger partial charge in [-0.2, -0.15) is 5.21 Å². The normalized spacial score (nSPS) is 16.2. The summed E-state index contributed by atoms with van der Waals surface area (Å²) in [5.74, 6) is 0.665. The molecule has 3 aromatic rings. The molecule has 1 aromatic heterocycles. The van der Waals surface area contributed by atoms with E-state index in [1.165, 1.54) is 0 Å². The summed E-state index contributed by atoms with van der Waals surface area (Å²) in [4.78, 5) is 12.8. The van der Waals surface area contributed by atoms with Crippen molar-refractivity contribution in [1.29, 1.82) is 0 Å². The van der Waals surface area contributed by atoms with Crippen molar-refractivity contribution in [2.24, 2.45) is 0 Å². The number of aromatic amines is 1. The average molecular weight is 333 g/mol. The van der Waals surface area contributed by atoms with Crippen LogP contribution in [0, 0.1) is 0 Å². The molecule has 1 amide bonds. The van der Waals surface area contributed by atoms with Crippen molar-refractivity contribution in [3.63, 3.8) is 0 Å². The topological polar surface area (TPSA) is 83.6 Å². The second kappa shape index (κ2) is 6.12. The first-order valence-electron chi connectivity index (χ1n) is 8.39. The second-order valence-corrected chi connectivity index (χ2v) is 6.50. The highest BCUT2D eigenvalue weighted by molar-refractivity contribution is 5.91. The molecule has 1 aliphatic rings. The molecule has 1 heterocycles. The van der Waals surface area contributed by atoms with E-state index < -0.39 is 0 Å². The Bertz CT molecular complexity index is 855. The number of carbonyl (C=O) groups is 1. The monoisotopic (exact) mass is 333 g/mol. The van der Waals surface area contributed by atoms with Crippen LogP contribution in [0.5, 0.6) is 0 Å². The van der Waals surface area contributed by atoms with E-state index >= 15 is 0 Å². The van der Waals surface area contributed by atoms with E-state index in [2.05, 4.69) is 25.9 Å². The van der Waals surface area contributed by atoms with Crippen molar-refractivity contribution >= 4 is 5.91 Å². The van der Waals surface area contributed by atoms with Crippen molar-refractivity contribution in [3.8, 4) is 11.4 Å². The molecule has 1 saturated carbocycles. The van der Waals surface area contributed by atoms with Crippen molar-refractivity contribution in [2.45, 2.75) is 31.2 Å². The van der Waals surface area contributed by atoms with Gasteiger partial charge in [-0.05, 0) is 36.1 Å². The highest BCUT2D eigenvalue weighted by Gasteiger charge is 2.51. The van der Waals surface area contributed by atoms with Crippen molar-refractivity contribution < 1.29 is 4.79 Å². The third kappa shape index (κ3) is 2.91. The van der Waals surface area contributed by atoms with Crippen LogP contribution in [0.4, 0.5) is 0 Å². The lowest BCUT2D eigenvalue weighted by atomic mass is 9.94. The van der Waals surface area contributed by atoms with Gasteiger partial charge in [0.2, 0.25) is 11.7 Å². The molecule has 1 fully saturated rings. The molecule has 4 rings (SSSR count). The van der Waals surface area contributed by atoms with Crippen molar-refractivity contribution in [3.05, 3.63) is 65.7 Å². The fraction of sp³-hybridized carbons (Fsp3) is 0.263. The minimum atomic E-state index is -0.347. The molecule has 0 spiro atoms. The Hall–Kier alpha value is -3.02. The van der Waals surface area contributed by atoms with Crippen LogP contribution in [0.15, 0.2) is 54.6 Å². The van der Waals surface area contributed by atoms with Crippen LogP contribution in [-0.2, 0) is 10.2 Å². The summed E-state index contributed by atoms with van der Waals surface area (Å²) in [5, 5.41) is 17.1. The number of tetrazole rings is 1. The van der Waals surface area contributed by atoms with Gasteiger partial charge in [-0.1, -0.05) is 54.6 Å². The summed E-state index contributed by atoms with van der Waals surface area (Å²) in [7, 11) is 0. The molecule has 1 atom stereocenters. The Labute approximate surface area is 145 Å². The first-order chi connectivity index (χ1) is 12.2. The van der Waals surface area contributed by atoms with Gasteiger partial charge >= 0.3 is 0 Å². The van der Waals surface area contributed by atoms with E-state index in [-0.39, 0.29) is 17.4 Å². The number of H-pyrrole nitrogens is 1. The molecule has 1 aliphatic carbocycles. The standard InChI is InChI=1S/C19H19N5O/c1-13(14-7-9-15(10-8-14)17-21-23-24-22-17)20-18(25)19(11-12-19)16-5-3-2-4-6-16/h2-10,13H,11-12H2,1H3,(H,20,25)(H,21,22,23,24). The van der Waals surface area contributed by atoms with E-state index in [4.69, 9.17) is 0 Å². The van der Waals surface area contributed by atoms with Gasteiger partial charge in [0.05, 0.1) is 11.5 Å². The quantitative estimate of drug-likeness (QED) is 0.752. The third-order valence-electron chi connectivity index (χ3n) is 4.87. The van der Waals surface area contributed by atoms with Crippen LogP contribution in [0.1, 0.15) is 36.9 Å². The van der Waals surface area contributed by atoms with Gasteiger partial charge in [-0.15, -0.1) is 10.2 Å². The van der Waals surface area contributed by atoms with Crippen LogP contribution in [0.2, 0.25) is 0 Å². The van der Waals surface area contributed by atoms with Gasteiger partial charge in [-0.25, -0.2) is 0 Å². The van der Waals surface area contributed by atoms with Crippen LogP contribution in [0.25, 0.3) is 11.4 Å². The second-order valence-electron chi connectivity index (χ2n) is 6.50. The minimum absolute atomic E-state index is 0.0620.